The van der Waals surface area contributed by atoms with Crippen molar-refractivity contribution < 1.29 is 9.59 Å². The highest BCUT2D eigenvalue weighted by atomic mass is 35.5. The van der Waals surface area contributed by atoms with Crippen LogP contribution in [0.2, 0.25) is 5.02 Å². The second kappa shape index (κ2) is 7.49. The van der Waals surface area contributed by atoms with Gasteiger partial charge in [-0.2, -0.15) is 0 Å². The first-order chi connectivity index (χ1) is 14.3. The average molecular weight is 430 g/mol. The number of aromatic nitrogens is 3. The minimum atomic E-state index is -0.650. The van der Waals surface area contributed by atoms with Crippen molar-refractivity contribution in [3.05, 3.63) is 61.9 Å². The highest BCUT2D eigenvalue weighted by molar-refractivity contribution is 6.30. The fourth-order valence-electron chi connectivity index (χ4n) is 3.90. The summed E-state index contributed by atoms with van der Waals surface area (Å²) in [7, 11) is 1.64. The summed E-state index contributed by atoms with van der Waals surface area (Å²) in [5, 5.41) is 0.483. The SMILES string of the molecule is Cn1cc(C(=O)N2CCC(C(N)=O)CC2)c2[nH]c(=O)n(-c3ccc(Cl)cc3)c(=O)c21. The standard InChI is InChI=1S/C20H20ClN5O4/c1-24-10-14(18(28)25-8-6-11(7-9-25)17(22)27)15-16(24)19(29)26(20(30)23-15)13-4-2-12(21)3-5-13/h2-5,10-11H,6-9H2,1H3,(H2,22,27)(H,23,30). The Balaban J connectivity index is 1.76. The van der Waals surface area contributed by atoms with Crippen molar-refractivity contribution in [3.63, 3.8) is 0 Å². The van der Waals surface area contributed by atoms with E-state index in [1.165, 1.54) is 10.8 Å². The number of hydrogen-bond donors (Lipinski definition) is 2. The summed E-state index contributed by atoms with van der Waals surface area (Å²) in [6.07, 6.45) is 2.52. The number of halogens is 1. The maximum absolute atomic E-state index is 13.1. The van der Waals surface area contributed by atoms with Crippen molar-refractivity contribution in [1.29, 1.82) is 0 Å². The molecule has 1 aliphatic heterocycles. The molecule has 1 saturated heterocycles. The maximum atomic E-state index is 13.1. The molecule has 4 rings (SSSR count). The van der Waals surface area contributed by atoms with E-state index in [1.54, 1.807) is 36.2 Å². The van der Waals surface area contributed by atoms with Crippen LogP contribution < -0.4 is 17.0 Å². The van der Waals surface area contributed by atoms with Crippen LogP contribution in [-0.4, -0.2) is 43.9 Å². The Labute approximate surface area is 175 Å². The molecule has 9 nitrogen and oxygen atoms in total. The smallest absolute Gasteiger partial charge is 0.333 e. The van der Waals surface area contributed by atoms with Crippen LogP contribution >= 0.6 is 11.6 Å². The third-order valence-corrected chi connectivity index (χ3v) is 5.77. The summed E-state index contributed by atoms with van der Waals surface area (Å²) >= 11 is 5.89. The molecular weight excluding hydrogens is 410 g/mol. The van der Waals surface area contributed by atoms with Crippen molar-refractivity contribution in [2.45, 2.75) is 12.8 Å². The number of fused-ring (bicyclic) bond motifs is 1. The Hall–Kier alpha value is -3.33. The van der Waals surface area contributed by atoms with Crippen molar-refractivity contribution >= 4 is 34.4 Å². The molecule has 0 bridgehead atoms. The molecule has 30 heavy (non-hydrogen) atoms. The van der Waals surface area contributed by atoms with Gasteiger partial charge in [0.15, 0.2) is 0 Å². The van der Waals surface area contributed by atoms with Crippen LogP contribution in [0.15, 0.2) is 40.1 Å². The number of nitrogens with zero attached hydrogens (tertiary/aromatic N) is 3. The van der Waals surface area contributed by atoms with Crippen LogP contribution in [0.3, 0.4) is 0 Å². The highest BCUT2D eigenvalue weighted by Gasteiger charge is 2.29. The first-order valence-electron chi connectivity index (χ1n) is 9.47. The van der Waals surface area contributed by atoms with Gasteiger partial charge < -0.3 is 20.2 Å². The van der Waals surface area contributed by atoms with Crippen LogP contribution in [0.4, 0.5) is 0 Å². The van der Waals surface area contributed by atoms with Gasteiger partial charge in [0.1, 0.15) is 5.52 Å². The lowest BCUT2D eigenvalue weighted by molar-refractivity contribution is -0.123. The lowest BCUT2D eigenvalue weighted by Gasteiger charge is -2.30. The van der Waals surface area contributed by atoms with E-state index in [1.807, 2.05) is 0 Å². The normalized spacial score (nSPS) is 14.9. The van der Waals surface area contributed by atoms with E-state index in [0.29, 0.717) is 36.6 Å². The zero-order valence-electron chi connectivity index (χ0n) is 16.2. The fourth-order valence-corrected chi connectivity index (χ4v) is 4.02. The van der Waals surface area contributed by atoms with Gasteiger partial charge in [-0.25, -0.2) is 9.36 Å². The van der Waals surface area contributed by atoms with Gasteiger partial charge >= 0.3 is 5.69 Å². The van der Waals surface area contributed by atoms with E-state index in [-0.39, 0.29) is 34.3 Å². The second-order valence-corrected chi connectivity index (χ2v) is 7.83. The molecule has 3 heterocycles. The van der Waals surface area contributed by atoms with Gasteiger partial charge in [-0.05, 0) is 37.1 Å². The molecule has 0 unspecified atom stereocenters. The zero-order valence-corrected chi connectivity index (χ0v) is 17.0. The van der Waals surface area contributed by atoms with Crippen LogP contribution in [-0.2, 0) is 11.8 Å². The third kappa shape index (κ3) is 3.30. The van der Waals surface area contributed by atoms with Crippen LogP contribution in [0.1, 0.15) is 23.2 Å². The lowest BCUT2D eigenvalue weighted by atomic mass is 9.96. The molecule has 2 amide bonds. The van der Waals surface area contributed by atoms with Crippen molar-refractivity contribution in [2.24, 2.45) is 18.7 Å². The number of aryl methyl sites for hydroxylation is 1. The van der Waals surface area contributed by atoms with Gasteiger partial charge in [-0.1, -0.05) is 11.6 Å². The van der Waals surface area contributed by atoms with Gasteiger partial charge in [-0.15, -0.1) is 0 Å². The predicted molar refractivity (Wildman–Crippen MR) is 112 cm³/mol. The number of rotatable bonds is 3. The third-order valence-electron chi connectivity index (χ3n) is 5.52. The molecule has 2 aromatic heterocycles. The molecule has 0 spiro atoms. The van der Waals surface area contributed by atoms with Gasteiger partial charge in [0.05, 0.1) is 16.8 Å². The van der Waals surface area contributed by atoms with E-state index in [2.05, 4.69) is 4.98 Å². The first-order valence-corrected chi connectivity index (χ1v) is 9.84. The molecule has 3 N–H and O–H groups in total. The Morgan fingerprint density at radius 3 is 2.37 bits per heavy atom. The van der Waals surface area contributed by atoms with Gasteiger partial charge in [-0.3, -0.25) is 14.4 Å². The molecule has 3 aromatic rings. The molecule has 0 saturated carbocycles. The molecule has 1 fully saturated rings. The van der Waals surface area contributed by atoms with Crippen molar-refractivity contribution in [2.75, 3.05) is 13.1 Å². The number of primary amides is 1. The number of hydrogen-bond acceptors (Lipinski definition) is 4. The quantitative estimate of drug-likeness (QED) is 0.644. The number of carbonyl (C=O) groups excluding carboxylic acids is 2. The molecule has 1 aliphatic rings. The van der Waals surface area contributed by atoms with E-state index in [0.717, 1.165) is 4.57 Å². The van der Waals surface area contributed by atoms with Crippen LogP contribution in [0.25, 0.3) is 16.7 Å². The number of benzene rings is 1. The summed E-state index contributed by atoms with van der Waals surface area (Å²) < 4.78 is 2.54. The number of carbonyl (C=O) groups is 2. The Morgan fingerprint density at radius 2 is 1.77 bits per heavy atom. The fraction of sp³-hybridized carbons (Fsp3) is 0.300. The molecule has 1 aromatic carbocycles. The summed E-state index contributed by atoms with van der Waals surface area (Å²) in [5.74, 6) is -0.907. The highest BCUT2D eigenvalue weighted by Crippen LogP contribution is 2.22. The van der Waals surface area contributed by atoms with E-state index < -0.39 is 11.2 Å². The molecule has 10 heteroatoms. The summed E-state index contributed by atoms with van der Waals surface area (Å²) in [6, 6.07) is 6.32. The van der Waals surface area contributed by atoms with Crippen LogP contribution in [0, 0.1) is 5.92 Å². The number of nitrogens with two attached hydrogens (primary N) is 1. The minimum absolute atomic E-state index is 0.194. The van der Waals surface area contributed by atoms with Gasteiger partial charge in [0, 0.05) is 37.3 Å². The molecular formula is C20H20ClN5O4. The largest absolute Gasteiger partial charge is 0.369 e. The number of H-pyrrole nitrogens is 1. The lowest BCUT2D eigenvalue weighted by Crippen LogP contribution is -2.41. The second-order valence-electron chi connectivity index (χ2n) is 7.39. The number of aromatic amines is 1. The number of piperidine rings is 1. The van der Waals surface area contributed by atoms with E-state index in [4.69, 9.17) is 17.3 Å². The summed E-state index contributed by atoms with van der Waals surface area (Å²) in [5.41, 5.74) is 5.18. The van der Waals surface area contributed by atoms with Crippen molar-refractivity contribution in [1.82, 2.24) is 19.0 Å². The van der Waals surface area contributed by atoms with E-state index >= 15 is 0 Å². The van der Waals surface area contributed by atoms with E-state index in [9.17, 15) is 19.2 Å². The number of amides is 2. The zero-order chi connectivity index (χ0) is 21.6. The van der Waals surface area contributed by atoms with Gasteiger partial charge in [0.2, 0.25) is 5.91 Å². The number of nitrogens with one attached hydrogen (secondary N) is 1. The maximum Gasteiger partial charge on any atom is 0.333 e. The Bertz CT molecular complexity index is 1260. The molecule has 0 atom stereocenters. The predicted octanol–water partition coefficient (Wildman–Crippen LogP) is 1.01. The van der Waals surface area contributed by atoms with Gasteiger partial charge in [0.25, 0.3) is 11.5 Å². The average Bonchev–Trinajstić information content (AvgIpc) is 3.05. The summed E-state index contributed by atoms with van der Waals surface area (Å²) in [4.78, 5) is 54.5. The Kier molecular flexibility index (Phi) is 4.98. The Morgan fingerprint density at radius 1 is 1.13 bits per heavy atom. The van der Waals surface area contributed by atoms with Crippen molar-refractivity contribution in [3.8, 4) is 5.69 Å². The summed E-state index contributed by atoms with van der Waals surface area (Å²) in [6.45, 7) is 0.768. The minimum Gasteiger partial charge on any atom is -0.369 e. The first kappa shape index (κ1) is 20.0. The molecule has 0 aliphatic carbocycles. The number of likely N-dealkylation sites (tertiary alicyclic amines) is 1. The van der Waals surface area contributed by atoms with Crippen LogP contribution in [0.5, 0.6) is 0 Å². The topological polar surface area (TPSA) is 123 Å². The molecule has 0 radical (unpaired) electrons. The molecule has 156 valence electrons. The monoisotopic (exact) mass is 429 g/mol.